The van der Waals surface area contributed by atoms with E-state index >= 15 is 0 Å². The number of rotatable bonds is 21. The van der Waals surface area contributed by atoms with Gasteiger partial charge in [0.05, 0.1) is 92.8 Å². The van der Waals surface area contributed by atoms with Crippen LogP contribution in [0.1, 0.15) is 172 Å². The number of fused-ring (bicyclic) bond motifs is 8. The second-order valence-electron chi connectivity index (χ2n) is 27.5. The summed E-state index contributed by atoms with van der Waals surface area (Å²) in [6, 6.07) is 20.9. The van der Waals surface area contributed by atoms with E-state index < -0.39 is 90.1 Å². The molecular formula is C86H83F2N13O8. The van der Waals surface area contributed by atoms with Gasteiger partial charge in [-0.05, 0) is 187 Å². The number of carboxylic acid groups (broad SMARTS) is 4. The number of hydrogen-bond donors (Lipinski definition) is 8. The lowest BCUT2D eigenvalue weighted by molar-refractivity contribution is -0.138. The SMILES string of the molecule is CC(C)(CC#N)c1c(CCC(=O)O)c2cc3[nH]ncc3cc2n1-c1ccc(F)cc1.[2H]c1c([2H])c([2H])c(-n2c(C(C)C)c(CCC(=O)O)c3cc4[nH]ncc4cc32)c([2H])c1[2H].[2H]c1c([2H])c([2H])c(-n2c(C(C)C)c(CCC(=O)O)c3cc4[nH]ncc4cc32)c([2H])c1[2H].[2H]c1n[nH]c2c([2H])c3c(CC([2H])([2H])C(=O)O)c(C([2H])(C)C)n(-c4ccc(F)cc4)c3c([2H])c12. The molecule has 21 nitrogen and oxygen atoms in total. The number of benzene rings is 8. The quantitative estimate of drug-likeness (QED) is 0.0332. The van der Waals surface area contributed by atoms with Crippen LogP contribution in [0.5, 0.6) is 0 Å². The molecule has 0 spiro atoms. The summed E-state index contributed by atoms with van der Waals surface area (Å²) in [7, 11) is 0. The number of aromatic nitrogens is 12. The van der Waals surface area contributed by atoms with Gasteiger partial charge in [0.25, 0.3) is 0 Å². The fourth-order valence-electron chi connectivity index (χ4n) is 14.4. The standard InChI is InChI=1S/C23H21FN4O2.C21H20FN3O2.2C21H21N3O2/c1-23(2,9-10-25)22-17(7-8-21(29)30)18-12-19-14(13-26-27-19)11-20(18)28(22)16-5-3-15(24)4-6-16;1-12(2)21-16(7-8-20(26)27)17-10-18-13(11-23-24-18)9-19(17)25(21)15-5-3-14(22)4-6-15;2*1-13(2)21-16(8-9-20(25)26)17-11-18-14(12-22-23-18)10-19(17)24(21)15-6-4-3-5-7-15/h3-6,11-13H,7-9H2,1-2H3,(H,26,27)(H,29,30);3-6,9-12H,7-8H2,1-2H3,(H,23,24)(H,26,27);2*3-7,10-13H,8-9H2,1-2H3,(H,22,23)(H,25,26)/i;8D2,9D,10D,11D,12D;2*3D,4D,5D,6D,7D. The molecule has 0 saturated carbocycles. The van der Waals surface area contributed by atoms with Crippen LogP contribution in [0.15, 0.2) is 182 Å². The molecule has 109 heavy (non-hydrogen) atoms. The van der Waals surface area contributed by atoms with Crippen LogP contribution in [0, 0.1) is 23.0 Å². The van der Waals surface area contributed by atoms with Gasteiger partial charge in [-0.15, -0.1) is 0 Å². The van der Waals surface area contributed by atoms with E-state index in [1.54, 1.807) is 39.9 Å². The minimum Gasteiger partial charge on any atom is -0.481 e. The zero-order valence-electron chi connectivity index (χ0n) is 76.3. The molecule has 554 valence electrons. The van der Waals surface area contributed by atoms with Crippen molar-refractivity contribution in [1.82, 2.24) is 59.1 Å². The summed E-state index contributed by atoms with van der Waals surface area (Å²) >= 11 is 0. The van der Waals surface area contributed by atoms with E-state index in [1.807, 2.05) is 82.5 Å². The van der Waals surface area contributed by atoms with Gasteiger partial charge in [-0.3, -0.25) is 39.6 Å². The largest absolute Gasteiger partial charge is 0.481 e. The Bertz CT molecular complexity index is 6850. The molecule has 0 aliphatic heterocycles. The molecule has 16 aromatic rings. The molecule has 0 saturated heterocycles. The maximum absolute atomic E-state index is 13.7. The van der Waals surface area contributed by atoms with E-state index in [4.69, 9.17) is 21.9 Å². The fourth-order valence-corrected chi connectivity index (χ4v) is 14.4. The highest BCUT2D eigenvalue weighted by Crippen LogP contribution is 2.44. The number of aryl methyl sites for hydroxylation is 4. The lowest BCUT2D eigenvalue weighted by atomic mass is 9.82. The first-order valence-electron chi connectivity index (χ1n) is 42.8. The van der Waals surface area contributed by atoms with E-state index in [0.717, 1.165) is 93.8 Å². The molecule has 8 N–H and O–H groups in total. The average molecular weight is 1480 g/mol. The Kier molecular flexibility index (Phi) is 16.2. The normalized spacial score (nSPS) is 14.0. The highest BCUT2D eigenvalue weighted by Gasteiger charge is 2.33. The summed E-state index contributed by atoms with van der Waals surface area (Å²) < 4.78 is 167. The minimum atomic E-state index is -2.72. The van der Waals surface area contributed by atoms with Gasteiger partial charge in [0.2, 0.25) is 0 Å². The molecule has 0 aliphatic carbocycles. The third-order valence-electron chi connectivity index (χ3n) is 18.8. The van der Waals surface area contributed by atoms with Crippen LogP contribution < -0.4 is 0 Å². The molecule has 0 atom stereocenters. The Labute approximate surface area is 647 Å². The Morgan fingerprint density at radius 3 is 1.29 bits per heavy atom. The molecule has 16 rings (SSSR count). The van der Waals surface area contributed by atoms with E-state index in [2.05, 4.69) is 46.9 Å². The average Bonchev–Trinajstić information content (AvgIpc) is 1.55. The van der Waals surface area contributed by atoms with Crippen molar-refractivity contribution in [3.8, 4) is 28.8 Å². The molecule has 0 radical (unpaired) electrons. The van der Waals surface area contributed by atoms with Gasteiger partial charge >= 0.3 is 23.9 Å². The molecule has 8 aromatic heterocycles. The van der Waals surface area contributed by atoms with E-state index in [1.165, 1.54) is 54.8 Å². The Balaban J connectivity index is 0.000000143. The Hall–Kier alpha value is -13.0. The van der Waals surface area contributed by atoms with Crippen LogP contribution >= 0.6 is 0 Å². The van der Waals surface area contributed by atoms with Gasteiger partial charge in [-0.25, -0.2) is 8.78 Å². The zero-order chi connectivity index (χ0) is 91.1. The second kappa shape index (κ2) is 31.2. The van der Waals surface area contributed by atoms with Crippen LogP contribution in [0.25, 0.3) is 110 Å². The molecule has 0 bridgehead atoms. The number of aliphatic carboxylic acids is 4. The first-order valence-corrected chi connectivity index (χ1v) is 34.8. The van der Waals surface area contributed by atoms with Gasteiger partial charge < -0.3 is 38.7 Å². The topological polar surface area (TPSA) is 307 Å². The predicted molar refractivity (Wildman–Crippen MR) is 421 cm³/mol. The summed E-state index contributed by atoms with van der Waals surface area (Å²) in [6.45, 7) is 14.8. The zero-order valence-corrected chi connectivity index (χ0v) is 60.3. The van der Waals surface area contributed by atoms with Crippen molar-refractivity contribution < 1.29 is 70.3 Å². The predicted octanol–water partition coefficient (Wildman–Crippen LogP) is 18.9. The number of halogens is 2. The van der Waals surface area contributed by atoms with Gasteiger partial charge in [0.1, 0.15) is 11.6 Å². The number of carbonyl (C=O) groups is 4. The molecular weight excluding hydrogens is 1380 g/mol. The molecule has 0 unspecified atom stereocenters. The Morgan fingerprint density at radius 2 is 0.881 bits per heavy atom. The smallest absolute Gasteiger partial charge is 0.303 e. The maximum atomic E-state index is 13.7. The number of para-hydroxylation sites is 2. The van der Waals surface area contributed by atoms with Crippen LogP contribution in [-0.2, 0) is 50.3 Å². The van der Waals surface area contributed by atoms with Gasteiger partial charge in [0, 0.05) is 130 Å². The van der Waals surface area contributed by atoms with Crippen molar-refractivity contribution in [1.29, 1.82) is 5.26 Å². The second-order valence-corrected chi connectivity index (χ2v) is 27.5. The van der Waals surface area contributed by atoms with Crippen molar-refractivity contribution in [2.45, 2.75) is 136 Å². The number of carboxylic acids is 4. The van der Waals surface area contributed by atoms with E-state index in [9.17, 15) is 53.6 Å². The van der Waals surface area contributed by atoms with E-state index in [0.29, 0.717) is 23.1 Å². The summed E-state index contributed by atoms with van der Waals surface area (Å²) in [5.41, 5.74) is 10.5. The molecule has 0 aliphatic rings. The third kappa shape index (κ3) is 15.1. The van der Waals surface area contributed by atoms with Crippen LogP contribution in [0.3, 0.4) is 0 Å². The van der Waals surface area contributed by atoms with Crippen LogP contribution in [-0.4, -0.2) is 103 Å². The number of H-pyrrole nitrogens is 4. The summed E-state index contributed by atoms with van der Waals surface area (Å²) in [5.74, 6) is -6.90. The fraction of sp³-hybridized carbons (Fsp3) is 0.244. The third-order valence-corrected chi connectivity index (χ3v) is 18.8. The summed E-state index contributed by atoms with van der Waals surface area (Å²) in [5, 5.41) is 79.2. The first kappa shape index (κ1) is 56.4. The van der Waals surface area contributed by atoms with Crippen LogP contribution in [0.2, 0.25) is 0 Å². The minimum absolute atomic E-state index is 0.0286. The van der Waals surface area contributed by atoms with Crippen molar-refractivity contribution in [2.75, 3.05) is 0 Å². The molecule has 0 fully saturated rings. The lowest BCUT2D eigenvalue weighted by Gasteiger charge is -2.26. The summed E-state index contributed by atoms with van der Waals surface area (Å²) in [4.78, 5) is 45.6. The number of hydrogen-bond acceptors (Lipinski definition) is 9. The van der Waals surface area contributed by atoms with Crippen molar-refractivity contribution in [2.24, 2.45) is 0 Å². The van der Waals surface area contributed by atoms with Gasteiger partial charge in [-0.1, -0.05) is 91.6 Å². The number of nitrogens with one attached hydrogen (secondary N) is 4. The molecule has 0 amide bonds. The first-order chi connectivity index (χ1) is 58.8. The highest BCUT2D eigenvalue weighted by atomic mass is 19.1. The highest BCUT2D eigenvalue weighted by molar-refractivity contribution is 6.02. The van der Waals surface area contributed by atoms with Crippen molar-refractivity contribution >= 4 is 111 Å². The number of aromatic amines is 4. The maximum Gasteiger partial charge on any atom is 0.303 e. The molecule has 8 heterocycles. The van der Waals surface area contributed by atoms with Crippen molar-refractivity contribution in [3.63, 3.8) is 0 Å². The Morgan fingerprint density at radius 1 is 0.486 bits per heavy atom. The molecule has 8 aromatic carbocycles. The monoisotopic (exact) mass is 1480 g/mol. The molecule has 23 heteroatoms. The lowest BCUT2D eigenvalue weighted by Crippen LogP contribution is -2.23. The van der Waals surface area contributed by atoms with Gasteiger partial charge in [-0.2, -0.15) is 25.7 Å². The van der Waals surface area contributed by atoms with Crippen LogP contribution in [0.4, 0.5) is 8.78 Å². The number of nitriles is 1. The summed E-state index contributed by atoms with van der Waals surface area (Å²) in [6.07, 6.45) is 2.28. The van der Waals surface area contributed by atoms with Crippen molar-refractivity contribution in [3.05, 3.63) is 239 Å². The van der Waals surface area contributed by atoms with Gasteiger partial charge in [0.15, 0.2) is 0 Å². The number of nitrogens with zero attached hydrogens (tertiary/aromatic N) is 9. The van der Waals surface area contributed by atoms with E-state index in [-0.39, 0.29) is 143 Å².